The van der Waals surface area contributed by atoms with E-state index in [1.165, 1.54) is 25.7 Å². The second-order valence-electron chi connectivity index (χ2n) is 5.83. The van der Waals surface area contributed by atoms with E-state index in [9.17, 15) is 4.79 Å². The molecule has 0 aromatic carbocycles. The van der Waals surface area contributed by atoms with Gasteiger partial charge in [-0.3, -0.25) is 15.6 Å². The normalized spacial score (nSPS) is 19.9. The summed E-state index contributed by atoms with van der Waals surface area (Å²) in [5.41, 5.74) is 4.95. The van der Waals surface area contributed by atoms with E-state index in [1.807, 2.05) is 6.92 Å². The summed E-state index contributed by atoms with van der Waals surface area (Å²) < 4.78 is 0. The number of nitrogen functional groups attached to an aromatic ring is 1. The van der Waals surface area contributed by atoms with Gasteiger partial charge in [-0.2, -0.15) is 0 Å². The van der Waals surface area contributed by atoms with Gasteiger partial charge >= 0.3 is 0 Å². The Morgan fingerprint density at radius 3 is 2.84 bits per heavy atom. The van der Waals surface area contributed by atoms with Crippen molar-refractivity contribution in [3.8, 4) is 0 Å². The van der Waals surface area contributed by atoms with Gasteiger partial charge in [0.2, 0.25) is 0 Å². The minimum Gasteiger partial charge on any atom is -0.351 e. The fourth-order valence-corrected chi connectivity index (χ4v) is 2.80. The van der Waals surface area contributed by atoms with Gasteiger partial charge < -0.3 is 10.7 Å². The number of amides is 1. The van der Waals surface area contributed by atoms with E-state index in [0.29, 0.717) is 16.7 Å². The Kier molecular flexibility index (Phi) is 2.93. The minimum atomic E-state index is -0.0904. The van der Waals surface area contributed by atoms with Gasteiger partial charge in [0.1, 0.15) is 0 Å². The average Bonchev–Trinajstić information content (AvgIpc) is 3.28. The van der Waals surface area contributed by atoms with E-state index in [2.05, 4.69) is 15.7 Å². The Bertz CT molecular complexity index is 506. The van der Waals surface area contributed by atoms with Crippen LogP contribution in [0.15, 0.2) is 12.3 Å². The Morgan fingerprint density at radius 2 is 2.26 bits per heavy atom. The molecule has 1 heterocycles. The van der Waals surface area contributed by atoms with Gasteiger partial charge in [0.25, 0.3) is 5.91 Å². The van der Waals surface area contributed by atoms with Crippen LogP contribution >= 0.6 is 0 Å². The number of hydrogen-bond donors (Lipinski definition) is 3. The van der Waals surface area contributed by atoms with Crippen molar-refractivity contribution in [1.29, 1.82) is 0 Å². The highest BCUT2D eigenvalue weighted by molar-refractivity contribution is 5.99. The lowest BCUT2D eigenvalue weighted by Gasteiger charge is -2.16. The van der Waals surface area contributed by atoms with Crippen molar-refractivity contribution in [3.63, 3.8) is 0 Å². The molecule has 1 aromatic rings. The lowest BCUT2D eigenvalue weighted by atomic mass is 10.0. The lowest BCUT2D eigenvalue weighted by Crippen LogP contribution is -2.32. The number of nitrogens with two attached hydrogens (primary N) is 1. The number of pyridine rings is 1. The fraction of sp³-hybridized carbons (Fsp3) is 0.571. The first-order chi connectivity index (χ1) is 9.14. The first-order valence-corrected chi connectivity index (χ1v) is 6.86. The molecule has 0 radical (unpaired) electrons. The molecule has 2 aliphatic rings. The molecule has 2 aliphatic carbocycles. The second-order valence-corrected chi connectivity index (χ2v) is 5.83. The van der Waals surface area contributed by atoms with E-state index in [0.717, 1.165) is 18.2 Å². The molecule has 2 saturated carbocycles. The zero-order valence-corrected chi connectivity index (χ0v) is 11.2. The summed E-state index contributed by atoms with van der Waals surface area (Å²) in [6.07, 6.45) is 6.75. The van der Waals surface area contributed by atoms with Crippen molar-refractivity contribution in [3.05, 3.63) is 23.5 Å². The van der Waals surface area contributed by atoms with Gasteiger partial charge in [-0.05, 0) is 50.0 Å². The van der Waals surface area contributed by atoms with Crippen molar-refractivity contribution < 1.29 is 4.79 Å². The summed E-state index contributed by atoms with van der Waals surface area (Å²) in [5, 5.41) is 3.04. The molecule has 0 atom stereocenters. The van der Waals surface area contributed by atoms with E-state index >= 15 is 0 Å². The average molecular weight is 260 g/mol. The number of rotatable bonds is 5. The first-order valence-electron chi connectivity index (χ1n) is 6.86. The van der Waals surface area contributed by atoms with Gasteiger partial charge in [-0.1, -0.05) is 0 Å². The van der Waals surface area contributed by atoms with Crippen molar-refractivity contribution in [1.82, 2.24) is 10.3 Å². The molecule has 0 aliphatic heterocycles. The SMILES string of the molecule is Cc1cc(NN)c(C(=O)NCC2(C3CC3)CC2)cn1. The predicted molar refractivity (Wildman–Crippen MR) is 73.5 cm³/mol. The van der Waals surface area contributed by atoms with Crippen LogP contribution in [-0.2, 0) is 0 Å². The van der Waals surface area contributed by atoms with Crippen LogP contribution in [-0.4, -0.2) is 17.4 Å². The van der Waals surface area contributed by atoms with Gasteiger partial charge in [0.15, 0.2) is 0 Å². The molecule has 0 unspecified atom stereocenters. The highest BCUT2D eigenvalue weighted by atomic mass is 16.1. The number of carbonyl (C=O) groups is 1. The third-order valence-electron chi connectivity index (χ3n) is 4.38. The number of hydrazine groups is 1. The molecule has 19 heavy (non-hydrogen) atoms. The van der Waals surface area contributed by atoms with Crippen LogP contribution < -0.4 is 16.6 Å². The van der Waals surface area contributed by atoms with E-state index in [4.69, 9.17) is 5.84 Å². The van der Waals surface area contributed by atoms with Crippen LogP contribution in [0.5, 0.6) is 0 Å². The van der Waals surface area contributed by atoms with E-state index < -0.39 is 0 Å². The molecule has 5 heteroatoms. The third kappa shape index (κ3) is 2.42. The first kappa shape index (κ1) is 12.4. The number of aryl methyl sites for hydroxylation is 1. The maximum absolute atomic E-state index is 12.2. The molecule has 1 aromatic heterocycles. The highest BCUT2D eigenvalue weighted by Gasteiger charge is 2.53. The third-order valence-corrected chi connectivity index (χ3v) is 4.38. The Labute approximate surface area is 112 Å². The van der Waals surface area contributed by atoms with Gasteiger partial charge in [0, 0.05) is 18.4 Å². The van der Waals surface area contributed by atoms with Crippen LogP contribution in [0.4, 0.5) is 5.69 Å². The van der Waals surface area contributed by atoms with Crippen LogP contribution in [0.1, 0.15) is 41.7 Å². The number of aromatic nitrogens is 1. The summed E-state index contributed by atoms with van der Waals surface area (Å²) in [6.45, 7) is 2.66. The molecule has 5 nitrogen and oxygen atoms in total. The van der Waals surface area contributed by atoms with E-state index in [-0.39, 0.29) is 5.91 Å². The van der Waals surface area contributed by atoms with E-state index in [1.54, 1.807) is 12.3 Å². The molecule has 0 spiro atoms. The molecular weight excluding hydrogens is 240 g/mol. The number of anilines is 1. The maximum Gasteiger partial charge on any atom is 0.255 e. The van der Waals surface area contributed by atoms with Crippen LogP contribution in [0.3, 0.4) is 0 Å². The fourth-order valence-electron chi connectivity index (χ4n) is 2.80. The summed E-state index contributed by atoms with van der Waals surface area (Å²) >= 11 is 0. The van der Waals surface area contributed by atoms with Crippen molar-refractivity contribution >= 4 is 11.6 Å². The largest absolute Gasteiger partial charge is 0.351 e. The molecule has 3 rings (SSSR count). The Hall–Kier alpha value is -1.62. The zero-order chi connectivity index (χ0) is 13.5. The minimum absolute atomic E-state index is 0.0904. The number of nitrogens with one attached hydrogen (secondary N) is 2. The molecule has 4 N–H and O–H groups in total. The lowest BCUT2D eigenvalue weighted by molar-refractivity contribution is 0.0943. The molecule has 0 bridgehead atoms. The maximum atomic E-state index is 12.2. The number of hydrogen-bond acceptors (Lipinski definition) is 4. The smallest absolute Gasteiger partial charge is 0.255 e. The van der Waals surface area contributed by atoms with Crippen LogP contribution in [0.2, 0.25) is 0 Å². The summed E-state index contributed by atoms with van der Waals surface area (Å²) in [4.78, 5) is 16.4. The van der Waals surface area contributed by atoms with Crippen molar-refractivity contribution in [2.24, 2.45) is 17.2 Å². The number of nitrogens with zero attached hydrogens (tertiary/aromatic N) is 1. The van der Waals surface area contributed by atoms with Gasteiger partial charge in [-0.15, -0.1) is 0 Å². The molecule has 102 valence electrons. The highest BCUT2D eigenvalue weighted by Crippen LogP contribution is 2.60. The van der Waals surface area contributed by atoms with Crippen molar-refractivity contribution in [2.45, 2.75) is 32.6 Å². The Morgan fingerprint density at radius 1 is 1.53 bits per heavy atom. The van der Waals surface area contributed by atoms with Gasteiger partial charge in [-0.25, -0.2) is 0 Å². The van der Waals surface area contributed by atoms with Gasteiger partial charge in [0.05, 0.1) is 11.3 Å². The summed E-state index contributed by atoms with van der Waals surface area (Å²) in [5.74, 6) is 6.21. The number of carbonyl (C=O) groups excluding carboxylic acids is 1. The standard InChI is InChI=1S/C14H20N4O/c1-9-6-12(18-15)11(7-16-9)13(19)17-8-14(4-5-14)10-2-3-10/h6-7,10H,2-5,8,15H2,1H3,(H,16,18)(H,17,19). The molecular formula is C14H20N4O. The Balaban J connectivity index is 1.66. The quantitative estimate of drug-likeness (QED) is 0.555. The van der Waals surface area contributed by atoms with Crippen LogP contribution in [0.25, 0.3) is 0 Å². The molecule has 1 amide bonds. The predicted octanol–water partition coefficient (Wildman–Crippen LogP) is 1.60. The summed E-state index contributed by atoms with van der Waals surface area (Å²) in [6, 6.07) is 1.78. The molecule has 2 fully saturated rings. The zero-order valence-electron chi connectivity index (χ0n) is 11.2. The monoisotopic (exact) mass is 260 g/mol. The summed E-state index contributed by atoms with van der Waals surface area (Å²) in [7, 11) is 0. The topological polar surface area (TPSA) is 80.0 Å². The van der Waals surface area contributed by atoms with Crippen molar-refractivity contribution in [2.75, 3.05) is 12.0 Å². The second kappa shape index (κ2) is 4.49. The molecule has 0 saturated heterocycles. The van der Waals surface area contributed by atoms with Crippen LogP contribution in [0, 0.1) is 18.3 Å².